The minimum atomic E-state index is -2.98. The van der Waals surface area contributed by atoms with Gasteiger partial charge in [0.15, 0.2) is 9.84 Å². The van der Waals surface area contributed by atoms with Crippen LogP contribution in [0.1, 0.15) is 23.4 Å². The summed E-state index contributed by atoms with van der Waals surface area (Å²) in [5.41, 5.74) is 2.14. The van der Waals surface area contributed by atoms with Gasteiger partial charge in [-0.1, -0.05) is 0 Å². The highest BCUT2D eigenvalue weighted by molar-refractivity contribution is 7.91. The van der Waals surface area contributed by atoms with Crippen molar-refractivity contribution in [1.29, 1.82) is 0 Å². The third kappa shape index (κ3) is 3.59. The first kappa shape index (κ1) is 16.7. The van der Waals surface area contributed by atoms with Crippen LogP contribution in [0.15, 0.2) is 24.5 Å². The van der Waals surface area contributed by atoms with Crippen molar-refractivity contribution in [3.05, 3.63) is 35.1 Å². The van der Waals surface area contributed by atoms with Crippen LogP contribution < -0.4 is 5.32 Å². The van der Waals surface area contributed by atoms with Gasteiger partial charge in [0.05, 0.1) is 17.2 Å². The second kappa shape index (κ2) is 6.49. The van der Waals surface area contributed by atoms with Crippen molar-refractivity contribution >= 4 is 27.1 Å². The molecular formula is C17H19N3O3S2. The summed E-state index contributed by atoms with van der Waals surface area (Å²) in [7, 11) is -2.98. The minimum Gasteiger partial charge on any atom is -0.352 e. The van der Waals surface area contributed by atoms with Gasteiger partial charge in [0.25, 0.3) is 0 Å². The Bertz CT molecular complexity index is 893. The maximum Gasteiger partial charge on any atom is 0.223 e. The van der Waals surface area contributed by atoms with E-state index in [2.05, 4.69) is 10.3 Å². The van der Waals surface area contributed by atoms with E-state index in [-0.39, 0.29) is 29.4 Å². The Hall–Kier alpha value is -1.80. The zero-order chi connectivity index (χ0) is 17.4. The summed E-state index contributed by atoms with van der Waals surface area (Å²) < 4.78 is 23.1. The van der Waals surface area contributed by atoms with Crippen LogP contribution in [-0.4, -0.2) is 41.8 Å². The van der Waals surface area contributed by atoms with Crippen LogP contribution in [0.4, 0.5) is 0 Å². The van der Waals surface area contributed by atoms with Crippen molar-refractivity contribution in [3.63, 3.8) is 0 Å². The lowest BCUT2D eigenvalue weighted by Gasteiger charge is -2.22. The van der Waals surface area contributed by atoms with Crippen LogP contribution in [0.3, 0.4) is 0 Å². The van der Waals surface area contributed by atoms with E-state index >= 15 is 0 Å². The Morgan fingerprint density at radius 2 is 2.04 bits per heavy atom. The maximum absolute atomic E-state index is 12.5. The summed E-state index contributed by atoms with van der Waals surface area (Å²) in [5, 5.41) is 3.90. The Labute approximate surface area is 150 Å². The highest BCUT2D eigenvalue weighted by Gasteiger charge is 2.33. The fourth-order valence-corrected chi connectivity index (χ4v) is 6.31. The van der Waals surface area contributed by atoms with Gasteiger partial charge in [-0.2, -0.15) is 0 Å². The molecule has 2 aromatic heterocycles. The second-order valence-corrected chi connectivity index (χ2v) is 9.99. The summed E-state index contributed by atoms with van der Waals surface area (Å²) in [5.74, 6) is 0.133. The van der Waals surface area contributed by atoms with E-state index < -0.39 is 9.84 Å². The molecule has 3 heterocycles. The lowest BCUT2D eigenvalue weighted by Crippen LogP contribution is -2.41. The van der Waals surface area contributed by atoms with E-state index in [4.69, 9.17) is 4.98 Å². The number of thiazole rings is 1. The SMILES string of the molecule is O=C(NC1CCS(=O)(=O)C1)C1CCc2nc(-c3ccncc3)sc2C1. The third-order valence-electron chi connectivity index (χ3n) is 4.82. The van der Waals surface area contributed by atoms with Crippen molar-refractivity contribution in [2.24, 2.45) is 5.92 Å². The molecule has 1 aliphatic heterocycles. The molecule has 0 bridgehead atoms. The Balaban J connectivity index is 1.44. The number of amides is 1. The van der Waals surface area contributed by atoms with Crippen molar-refractivity contribution in [1.82, 2.24) is 15.3 Å². The van der Waals surface area contributed by atoms with Crippen LogP contribution in [0.5, 0.6) is 0 Å². The summed E-state index contributed by atoms with van der Waals surface area (Å²) in [6.07, 6.45) is 6.27. The van der Waals surface area contributed by atoms with Gasteiger partial charge in [0.2, 0.25) is 5.91 Å². The predicted octanol–water partition coefficient (Wildman–Crippen LogP) is 1.61. The van der Waals surface area contributed by atoms with Crippen molar-refractivity contribution in [3.8, 4) is 10.6 Å². The lowest BCUT2D eigenvalue weighted by atomic mass is 9.90. The van der Waals surface area contributed by atoms with Crippen LogP contribution in [0.25, 0.3) is 10.6 Å². The van der Waals surface area contributed by atoms with E-state index in [0.717, 1.165) is 34.0 Å². The minimum absolute atomic E-state index is 0.0217. The molecule has 132 valence electrons. The standard InChI is InChI=1S/C17H19N3O3S2/c21-16(19-13-5-8-25(22,23)10-13)12-1-2-14-15(9-12)24-17(20-14)11-3-6-18-7-4-11/h3-4,6-7,12-13H,1-2,5,8-10H2,(H,19,21). The summed E-state index contributed by atoms with van der Waals surface area (Å²) in [6, 6.07) is 3.65. The predicted molar refractivity (Wildman–Crippen MR) is 96.1 cm³/mol. The van der Waals surface area contributed by atoms with Crippen molar-refractivity contribution < 1.29 is 13.2 Å². The van der Waals surface area contributed by atoms with E-state index in [1.54, 1.807) is 23.7 Å². The molecular weight excluding hydrogens is 358 g/mol. The lowest BCUT2D eigenvalue weighted by molar-refractivity contribution is -0.125. The summed E-state index contributed by atoms with van der Waals surface area (Å²) in [6.45, 7) is 0. The van der Waals surface area contributed by atoms with Gasteiger partial charge in [-0.05, 0) is 37.8 Å². The quantitative estimate of drug-likeness (QED) is 0.878. The first-order valence-electron chi connectivity index (χ1n) is 8.40. The smallest absolute Gasteiger partial charge is 0.223 e. The van der Waals surface area contributed by atoms with Crippen molar-refractivity contribution in [2.75, 3.05) is 11.5 Å². The molecule has 0 spiro atoms. The van der Waals surface area contributed by atoms with E-state index in [9.17, 15) is 13.2 Å². The number of carbonyl (C=O) groups is 1. The van der Waals surface area contributed by atoms with Gasteiger partial charge in [-0.15, -0.1) is 11.3 Å². The van der Waals surface area contributed by atoms with Crippen LogP contribution in [-0.2, 0) is 27.5 Å². The number of nitrogens with zero attached hydrogens (tertiary/aromatic N) is 2. The number of pyridine rings is 1. The number of carbonyl (C=O) groups excluding carboxylic acids is 1. The number of hydrogen-bond acceptors (Lipinski definition) is 6. The van der Waals surface area contributed by atoms with Gasteiger partial charge < -0.3 is 5.32 Å². The molecule has 6 nitrogen and oxygen atoms in total. The molecule has 4 rings (SSSR count). The zero-order valence-corrected chi connectivity index (χ0v) is 15.3. The molecule has 1 N–H and O–H groups in total. The molecule has 1 aliphatic carbocycles. The number of sulfone groups is 1. The fraction of sp³-hybridized carbons (Fsp3) is 0.471. The Morgan fingerprint density at radius 1 is 1.24 bits per heavy atom. The number of nitrogens with one attached hydrogen (secondary N) is 1. The molecule has 1 saturated heterocycles. The Kier molecular flexibility index (Phi) is 4.33. The molecule has 0 saturated carbocycles. The zero-order valence-electron chi connectivity index (χ0n) is 13.6. The molecule has 8 heteroatoms. The van der Waals surface area contributed by atoms with Gasteiger partial charge in [0.1, 0.15) is 5.01 Å². The monoisotopic (exact) mass is 377 g/mol. The number of aryl methyl sites for hydroxylation is 1. The van der Waals surface area contributed by atoms with E-state index in [0.29, 0.717) is 12.8 Å². The molecule has 1 amide bonds. The first-order valence-corrected chi connectivity index (χ1v) is 11.0. The first-order chi connectivity index (χ1) is 12.0. The molecule has 2 aliphatic rings. The molecule has 2 unspecified atom stereocenters. The fourth-order valence-electron chi connectivity index (χ4n) is 3.44. The number of hydrogen-bond donors (Lipinski definition) is 1. The largest absolute Gasteiger partial charge is 0.352 e. The summed E-state index contributed by atoms with van der Waals surface area (Å²) >= 11 is 1.64. The van der Waals surface area contributed by atoms with Crippen LogP contribution >= 0.6 is 11.3 Å². The third-order valence-corrected chi connectivity index (χ3v) is 7.75. The molecule has 25 heavy (non-hydrogen) atoms. The Morgan fingerprint density at radius 3 is 2.76 bits per heavy atom. The molecule has 2 atom stereocenters. The van der Waals surface area contributed by atoms with Gasteiger partial charge in [-0.3, -0.25) is 9.78 Å². The van der Waals surface area contributed by atoms with Gasteiger partial charge in [0, 0.05) is 34.8 Å². The number of rotatable bonds is 3. The van der Waals surface area contributed by atoms with E-state index in [1.807, 2.05) is 12.1 Å². The van der Waals surface area contributed by atoms with Crippen LogP contribution in [0, 0.1) is 5.92 Å². The van der Waals surface area contributed by atoms with E-state index in [1.165, 1.54) is 0 Å². The average Bonchev–Trinajstić information content (AvgIpc) is 3.17. The van der Waals surface area contributed by atoms with Crippen LogP contribution in [0.2, 0.25) is 0 Å². The number of fused-ring (bicyclic) bond motifs is 1. The summed E-state index contributed by atoms with van der Waals surface area (Å²) in [4.78, 5) is 22.4. The van der Waals surface area contributed by atoms with Crippen molar-refractivity contribution in [2.45, 2.75) is 31.7 Å². The maximum atomic E-state index is 12.5. The van der Waals surface area contributed by atoms with Gasteiger partial charge in [-0.25, -0.2) is 13.4 Å². The average molecular weight is 377 g/mol. The molecule has 2 aromatic rings. The second-order valence-electron chi connectivity index (χ2n) is 6.67. The molecule has 1 fully saturated rings. The topological polar surface area (TPSA) is 89.0 Å². The normalized spacial score (nSPS) is 24.6. The number of aromatic nitrogens is 2. The highest BCUT2D eigenvalue weighted by Crippen LogP contribution is 2.34. The molecule has 0 aromatic carbocycles. The molecule has 0 radical (unpaired) electrons. The van der Waals surface area contributed by atoms with Gasteiger partial charge >= 0.3 is 0 Å². The highest BCUT2D eigenvalue weighted by atomic mass is 32.2.